The lowest BCUT2D eigenvalue weighted by molar-refractivity contribution is 0.476. The first-order valence-corrected chi connectivity index (χ1v) is 8.32. The third kappa shape index (κ3) is 3.55. The van der Waals surface area contributed by atoms with Crippen molar-refractivity contribution in [2.45, 2.75) is 43.5 Å². The predicted octanol–water partition coefficient (Wildman–Crippen LogP) is 1.65. The van der Waals surface area contributed by atoms with Crippen LogP contribution in [-0.4, -0.2) is 21.0 Å². The zero-order valence-electron chi connectivity index (χ0n) is 11.3. The summed E-state index contributed by atoms with van der Waals surface area (Å²) in [5.41, 5.74) is 6.54. The first kappa shape index (κ1) is 14.5. The molecule has 19 heavy (non-hydrogen) atoms. The van der Waals surface area contributed by atoms with Gasteiger partial charge in [0.25, 0.3) is 0 Å². The Balaban J connectivity index is 2.10. The highest BCUT2D eigenvalue weighted by molar-refractivity contribution is 7.89. The van der Waals surface area contributed by atoms with Crippen LogP contribution in [0.3, 0.4) is 0 Å². The Labute approximate surface area is 115 Å². The second kappa shape index (κ2) is 6.03. The average Bonchev–Trinajstić information content (AvgIpc) is 2.75. The summed E-state index contributed by atoms with van der Waals surface area (Å²) in [7, 11) is -3.39. The third-order valence-electron chi connectivity index (χ3n) is 3.83. The molecule has 106 valence electrons. The van der Waals surface area contributed by atoms with Crippen molar-refractivity contribution in [2.24, 2.45) is 11.7 Å². The van der Waals surface area contributed by atoms with Crippen LogP contribution in [0.2, 0.25) is 0 Å². The smallest absolute Gasteiger partial charge is 0.240 e. The molecule has 0 amide bonds. The molecule has 1 aliphatic rings. The molecule has 0 bridgehead atoms. The molecule has 2 atom stereocenters. The number of rotatable bonds is 5. The monoisotopic (exact) mass is 282 g/mol. The Kier molecular flexibility index (Phi) is 4.60. The number of sulfonamides is 1. The van der Waals surface area contributed by atoms with Crippen molar-refractivity contribution in [1.29, 1.82) is 0 Å². The molecular formula is C14H22N2O2S. The summed E-state index contributed by atoms with van der Waals surface area (Å²) in [6, 6.07) is 7.06. The van der Waals surface area contributed by atoms with Crippen molar-refractivity contribution in [2.75, 3.05) is 6.54 Å². The van der Waals surface area contributed by atoms with E-state index in [2.05, 4.69) is 11.6 Å². The maximum absolute atomic E-state index is 12.3. The summed E-state index contributed by atoms with van der Waals surface area (Å²) in [5.74, 6) is 0.422. The molecule has 4 nitrogen and oxygen atoms in total. The summed E-state index contributed by atoms with van der Waals surface area (Å²) in [6.45, 7) is 2.68. The fraction of sp³-hybridized carbons (Fsp3) is 0.571. The molecule has 2 rings (SSSR count). The van der Waals surface area contributed by atoms with Crippen molar-refractivity contribution in [3.05, 3.63) is 29.8 Å². The van der Waals surface area contributed by atoms with Crippen LogP contribution in [0.4, 0.5) is 0 Å². The molecule has 3 N–H and O–H groups in total. The summed E-state index contributed by atoms with van der Waals surface area (Å²) in [4.78, 5) is 0.340. The first-order valence-electron chi connectivity index (χ1n) is 6.84. The molecule has 1 aromatic rings. The van der Waals surface area contributed by atoms with Gasteiger partial charge in [0.1, 0.15) is 0 Å². The molecule has 0 spiro atoms. The number of nitrogens with two attached hydrogens (primary N) is 1. The van der Waals surface area contributed by atoms with E-state index in [0.29, 0.717) is 17.4 Å². The van der Waals surface area contributed by atoms with Gasteiger partial charge >= 0.3 is 0 Å². The van der Waals surface area contributed by atoms with Gasteiger partial charge in [0, 0.05) is 6.04 Å². The van der Waals surface area contributed by atoms with Crippen LogP contribution < -0.4 is 10.5 Å². The number of nitrogens with one attached hydrogen (secondary N) is 1. The fourth-order valence-electron chi connectivity index (χ4n) is 2.59. The van der Waals surface area contributed by atoms with Crippen LogP contribution in [0, 0.1) is 5.92 Å². The maximum atomic E-state index is 12.3. The van der Waals surface area contributed by atoms with E-state index >= 15 is 0 Å². The SMILES string of the molecule is CC1CCCC1NS(=O)(=O)c1ccc(CCN)cc1. The van der Waals surface area contributed by atoms with Gasteiger partial charge in [-0.15, -0.1) is 0 Å². The molecule has 2 unspecified atom stereocenters. The zero-order chi connectivity index (χ0) is 13.9. The van der Waals surface area contributed by atoms with Crippen LogP contribution in [0.25, 0.3) is 0 Å². The van der Waals surface area contributed by atoms with Gasteiger partial charge in [0.15, 0.2) is 0 Å². The Morgan fingerprint density at radius 1 is 1.26 bits per heavy atom. The molecule has 5 heteroatoms. The maximum Gasteiger partial charge on any atom is 0.240 e. The Bertz CT molecular complexity index is 511. The molecule has 1 aromatic carbocycles. The third-order valence-corrected chi connectivity index (χ3v) is 5.34. The standard InChI is InChI=1S/C14H22N2O2S/c1-11-3-2-4-14(11)16-19(17,18)13-7-5-12(6-8-13)9-10-15/h5-8,11,14,16H,2-4,9-10,15H2,1H3. The van der Waals surface area contributed by atoms with Gasteiger partial charge in [-0.05, 0) is 49.4 Å². The largest absolute Gasteiger partial charge is 0.330 e. The number of benzene rings is 1. The van der Waals surface area contributed by atoms with Gasteiger partial charge in [-0.25, -0.2) is 13.1 Å². The topological polar surface area (TPSA) is 72.2 Å². The highest BCUT2D eigenvalue weighted by Crippen LogP contribution is 2.26. The van der Waals surface area contributed by atoms with Gasteiger partial charge in [-0.2, -0.15) is 0 Å². The quantitative estimate of drug-likeness (QED) is 0.862. The Morgan fingerprint density at radius 3 is 2.47 bits per heavy atom. The lowest BCUT2D eigenvalue weighted by atomic mass is 10.1. The summed E-state index contributed by atoms with van der Waals surface area (Å²) in [5, 5.41) is 0. The summed E-state index contributed by atoms with van der Waals surface area (Å²) in [6.07, 6.45) is 3.91. The van der Waals surface area contributed by atoms with Crippen LogP contribution >= 0.6 is 0 Å². The van der Waals surface area contributed by atoms with Crippen LogP contribution in [0.1, 0.15) is 31.7 Å². The summed E-state index contributed by atoms with van der Waals surface area (Å²) >= 11 is 0. The van der Waals surface area contributed by atoms with E-state index in [1.165, 1.54) is 0 Å². The molecule has 0 saturated heterocycles. The van der Waals surface area contributed by atoms with Crippen molar-refractivity contribution >= 4 is 10.0 Å². The van der Waals surface area contributed by atoms with E-state index in [1.54, 1.807) is 12.1 Å². The van der Waals surface area contributed by atoms with Crippen LogP contribution in [0.5, 0.6) is 0 Å². The normalized spacial score (nSPS) is 23.7. The number of hydrogen-bond acceptors (Lipinski definition) is 3. The minimum atomic E-state index is -3.39. The highest BCUT2D eigenvalue weighted by Gasteiger charge is 2.28. The minimum absolute atomic E-state index is 0.0775. The van der Waals surface area contributed by atoms with Crippen molar-refractivity contribution in [3.63, 3.8) is 0 Å². The second-order valence-electron chi connectivity index (χ2n) is 5.32. The minimum Gasteiger partial charge on any atom is -0.330 e. The van der Waals surface area contributed by atoms with E-state index < -0.39 is 10.0 Å². The predicted molar refractivity (Wildman–Crippen MR) is 76.3 cm³/mol. The molecular weight excluding hydrogens is 260 g/mol. The van der Waals surface area contributed by atoms with Crippen molar-refractivity contribution < 1.29 is 8.42 Å². The van der Waals surface area contributed by atoms with E-state index in [4.69, 9.17) is 5.73 Å². The van der Waals surface area contributed by atoms with Crippen molar-refractivity contribution in [3.8, 4) is 0 Å². The summed E-state index contributed by atoms with van der Waals surface area (Å²) < 4.78 is 27.4. The zero-order valence-corrected chi connectivity index (χ0v) is 12.1. The van der Waals surface area contributed by atoms with Gasteiger partial charge < -0.3 is 5.73 Å². The molecule has 1 fully saturated rings. The Hall–Kier alpha value is -0.910. The Morgan fingerprint density at radius 2 is 1.95 bits per heavy atom. The lowest BCUT2D eigenvalue weighted by Gasteiger charge is -2.17. The second-order valence-corrected chi connectivity index (χ2v) is 7.03. The van der Waals surface area contributed by atoms with E-state index in [1.807, 2.05) is 12.1 Å². The van der Waals surface area contributed by atoms with Crippen LogP contribution in [-0.2, 0) is 16.4 Å². The first-order chi connectivity index (χ1) is 9.03. The molecule has 0 aromatic heterocycles. The average molecular weight is 282 g/mol. The fourth-order valence-corrected chi connectivity index (χ4v) is 3.97. The molecule has 0 heterocycles. The molecule has 0 radical (unpaired) electrons. The van der Waals surface area contributed by atoms with Crippen LogP contribution in [0.15, 0.2) is 29.2 Å². The van der Waals surface area contributed by atoms with Crippen molar-refractivity contribution in [1.82, 2.24) is 4.72 Å². The van der Waals surface area contributed by atoms with E-state index in [9.17, 15) is 8.42 Å². The molecule has 1 aliphatic carbocycles. The van der Waals surface area contributed by atoms with E-state index in [-0.39, 0.29) is 6.04 Å². The van der Waals surface area contributed by atoms with Gasteiger partial charge in [-0.3, -0.25) is 0 Å². The highest BCUT2D eigenvalue weighted by atomic mass is 32.2. The number of hydrogen-bond donors (Lipinski definition) is 2. The molecule has 0 aliphatic heterocycles. The van der Waals surface area contributed by atoms with Gasteiger partial charge in [0.05, 0.1) is 4.90 Å². The molecule has 1 saturated carbocycles. The lowest BCUT2D eigenvalue weighted by Crippen LogP contribution is -2.36. The van der Waals surface area contributed by atoms with Gasteiger partial charge in [-0.1, -0.05) is 25.5 Å². The van der Waals surface area contributed by atoms with E-state index in [0.717, 1.165) is 31.2 Å². The van der Waals surface area contributed by atoms with Gasteiger partial charge in [0.2, 0.25) is 10.0 Å².